The monoisotopic (exact) mass is 214 g/mol. The van der Waals surface area contributed by atoms with Crippen molar-refractivity contribution in [1.29, 1.82) is 0 Å². The van der Waals surface area contributed by atoms with Crippen LogP contribution in [0.1, 0.15) is 48.0 Å². The zero-order chi connectivity index (χ0) is 12.2. The van der Waals surface area contributed by atoms with Crippen LogP contribution in [0.5, 0.6) is 0 Å². The van der Waals surface area contributed by atoms with Crippen molar-refractivity contribution < 1.29 is 0 Å². The molecule has 2 atom stereocenters. The number of hydrogen-bond acceptors (Lipinski definition) is 2. The molecule has 0 aromatic heterocycles. The van der Waals surface area contributed by atoms with Crippen molar-refractivity contribution >= 4 is 0 Å². The van der Waals surface area contributed by atoms with Crippen LogP contribution in [0, 0.1) is 0 Å². The SMILES string of the molecule is CCN(C)C(C)CC(C)N(C)C(C)(C)C. The molecular weight excluding hydrogens is 184 g/mol. The van der Waals surface area contributed by atoms with E-state index in [0.29, 0.717) is 12.1 Å². The first-order valence-corrected chi connectivity index (χ1v) is 6.13. The lowest BCUT2D eigenvalue weighted by molar-refractivity contribution is 0.0998. The van der Waals surface area contributed by atoms with Gasteiger partial charge in [-0.05, 0) is 61.7 Å². The Kier molecular flexibility index (Phi) is 5.82. The van der Waals surface area contributed by atoms with Gasteiger partial charge in [0, 0.05) is 17.6 Å². The molecule has 0 fully saturated rings. The van der Waals surface area contributed by atoms with Gasteiger partial charge < -0.3 is 4.90 Å². The molecule has 0 saturated carbocycles. The van der Waals surface area contributed by atoms with Crippen LogP contribution in [-0.2, 0) is 0 Å². The van der Waals surface area contributed by atoms with Crippen LogP contribution in [0.15, 0.2) is 0 Å². The van der Waals surface area contributed by atoms with E-state index >= 15 is 0 Å². The summed E-state index contributed by atoms with van der Waals surface area (Å²) in [6, 6.07) is 1.30. The second-order valence-corrected chi connectivity index (χ2v) is 5.79. The Hall–Kier alpha value is -0.0800. The topological polar surface area (TPSA) is 6.48 Å². The summed E-state index contributed by atoms with van der Waals surface area (Å²) >= 11 is 0. The maximum Gasteiger partial charge on any atom is 0.0124 e. The molecule has 0 radical (unpaired) electrons. The summed E-state index contributed by atoms with van der Waals surface area (Å²) in [5.74, 6) is 0. The molecule has 0 spiro atoms. The molecule has 0 saturated heterocycles. The molecule has 0 aromatic rings. The fraction of sp³-hybridized carbons (Fsp3) is 1.00. The highest BCUT2D eigenvalue weighted by molar-refractivity contribution is 4.80. The van der Waals surface area contributed by atoms with Gasteiger partial charge in [0.05, 0.1) is 0 Å². The molecule has 0 N–H and O–H groups in total. The molecule has 0 heterocycles. The van der Waals surface area contributed by atoms with Crippen molar-refractivity contribution in [3.05, 3.63) is 0 Å². The lowest BCUT2D eigenvalue weighted by atomic mass is 10.0. The number of rotatable bonds is 5. The number of nitrogens with zero attached hydrogens (tertiary/aromatic N) is 2. The fourth-order valence-electron chi connectivity index (χ4n) is 1.80. The van der Waals surface area contributed by atoms with E-state index in [-0.39, 0.29) is 5.54 Å². The van der Waals surface area contributed by atoms with Crippen molar-refractivity contribution in [2.45, 2.75) is 65.6 Å². The van der Waals surface area contributed by atoms with E-state index in [4.69, 9.17) is 0 Å². The Morgan fingerprint density at radius 2 is 1.47 bits per heavy atom. The van der Waals surface area contributed by atoms with E-state index in [2.05, 4.69) is 65.4 Å². The minimum absolute atomic E-state index is 0.268. The lowest BCUT2D eigenvalue weighted by Gasteiger charge is -2.39. The van der Waals surface area contributed by atoms with Crippen LogP contribution in [0.2, 0.25) is 0 Å². The molecule has 0 rings (SSSR count). The van der Waals surface area contributed by atoms with Crippen molar-refractivity contribution in [3.63, 3.8) is 0 Å². The van der Waals surface area contributed by atoms with Crippen LogP contribution >= 0.6 is 0 Å². The van der Waals surface area contributed by atoms with Crippen LogP contribution in [0.3, 0.4) is 0 Å². The van der Waals surface area contributed by atoms with Crippen LogP contribution in [0.4, 0.5) is 0 Å². The summed E-state index contributed by atoms with van der Waals surface area (Å²) in [6.07, 6.45) is 1.23. The third kappa shape index (κ3) is 4.98. The van der Waals surface area contributed by atoms with Gasteiger partial charge in [-0.3, -0.25) is 4.90 Å². The largest absolute Gasteiger partial charge is 0.304 e. The minimum Gasteiger partial charge on any atom is -0.304 e. The van der Waals surface area contributed by atoms with Crippen LogP contribution < -0.4 is 0 Å². The quantitative estimate of drug-likeness (QED) is 0.694. The zero-order valence-electron chi connectivity index (χ0n) is 12.0. The molecule has 0 aliphatic heterocycles. The molecule has 2 heteroatoms. The average Bonchev–Trinajstić information content (AvgIpc) is 2.13. The predicted octanol–water partition coefficient (Wildman–Crippen LogP) is 2.84. The van der Waals surface area contributed by atoms with Crippen LogP contribution in [-0.4, -0.2) is 48.1 Å². The van der Waals surface area contributed by atoms with Gasteiger partial charge in [-0.1, -0.05) is 6.92 Å². The van der Waals surface area contributed by atoms with Gasteiger partial charge in [-0.25, -0.2) is 0 Å². The van der Waals surface area contributed by atoms with Crippen molar-refractivity contribution in [3.8, 4) is 0 Å². The summed E-state index contributed by atoms with van der Waals surface area (Å²) < 4.78 is 0. The normalized spacial score (nSPS) is 17.2. The number of hydrogen-bond donors (Lipinski definition) is 0. The molecular formula is C13H30N2. The van der Waals surface area contributed by atoms with Gasteiger partial charge in [-0.2, -0.15) is 0 Å². The highest BCUT2D eigenvalue weighted by Gasteiger charge is 2.23. The fourth-order valence-corrected chi connectivity index (χ4v) is 1.80. The summed E-state index contributed by atoms with van der Waals surface area (Å²) in [6.45, 7) is 14.8. The molecule has 0 aliphatic rings. The molecule has 0 aliphatic carbocycles. The first-order chi connectivity index (χ1) is 6.70. The van der Waals surface area contributed by atoms with Gasteiger partial charge in [-0.15, -0.1) is 0 Å². The van der Waals surface area contributed by atoms with Gasteiger partial charge in [0.15, 0.2) is 0 Å². The van der Waals surface area contributed by atoms with Gasteiger partial charge in [0.1, 0.15) is 0 Å². The third-order valence-electron chi connectivity index (χ3n) is 3.65. The van der Waals surface area contributed by atoms with E-state index in [1.54, 1.807) is 0 Å². The molecule has 2 nitrogen and oxygen atoms in total. The Morgan fingerprint density at radius 1 is 1.00 bits per heavy atom. The first kappa shape index (κ1) is 14.9. The van der Waals surface area contributed by atoms with Gasteiger partial charge >= 0.3 is 0 Å². The standard InChI is InChI=1S/C13H30N2/c1-9-14(7)11(2)10-12(3)15(8)13(4,5)6/h11-12H,9-10H2,1-8H3. The maximum absolute atomic E-state index is 2.47. The van der Waals surface area contributed by atoms with Crippen molar-refractivity contribution in [2.24, 2.45) is 0 Å². The van der Waals surface area contributed by atoms with Gasteiger partial charge in [0.2, 0.25) is 0 Å². The first-order valence-electron chi connectivity index (χ1n) is 6.13. The molecule has 15 heavy (non-hydrogen) atoms. The molecule has 0 bridgehead atoms. The Labute approximate surface area is 96.6 Å². The van der Waals surface area contributed by atoms with E-state index in [0.717, 1.165) is 6.54 Å². The second kappa shape index (κ2) is 5.86. The van der Waals surface area contributed by atoms with E-state index in [9.17, 15) is 0 Å². The Bertz CT molecular complexity index is 172. The van der Waals surface area contributed by atoms with Crippen molar-refractivity contribution in [2.75, 3.05) is 20.6 Å². The Balaban J connectivity index is 4.19. The summed E-state index contributed by atoms with van der Waals surface area (Å²) in [7, 11) is 4.43. The molecule has 92 valence electrons. The maximum atomic E-state index is 2.47. The minimum atomic E-state index is 0.268. The highest BCUT2D eigenvalue weighted by atomic mass is 15.2. The smallest absolute Gasteiger partial charge is 0.0124 e. The van der Waals surface area contributed by atoms with E-state index < -0.39 is 0 Å². The second-order valence-electron chi connectivity index (χ2n) is 5.79. The van der Waals surface area contributed by atoms with Crippen molar-refractivity contribution in [1.82, 2.24) is 9.80 Å². The summed E-state index contributed by atoms with van der Waals surface area (Å²) in [5, 5.41) is 0. The molecule has 2 unspecified atom stereocenters. The third-order valence-corrected chi connectivity index (χ3v) is 3.65. The molecule has 0 aromatic carbocycles. The lowest BCUT2D eigenvalue weighted by Crippen LogP contribution is -2.46. The summed E-state index contributed by atoms with van der Waals surface area (Å²) in [5.41, 5.74) is 0.268. The zero-order valence-corrected chi connectivity index (χ0v) is 12.0. The Morgan fingerprint density at radius 3 is 1.80 bits per heavy atom. The van der Waals surface area contributed by atoms with Gasteiger partial charge in [0.25, 0.3) is 0 Å². The van der Waals surface area contributed by atoms with E-state index in [1.165, 1.54) is 6.42 Å². The average molecular weight is 214 g/mol. The predicted molar refractivity (Wildman–Crippen MR) is 69.4 cm³/mol. The van der Waals surface area contributed by atoms with E-state index in [1.807, 2.05) is 0 Å². The highest BCUT2D eigenvalue weighted by Crippen LogP contribution is 2.18. The van der Waals surface area contributed by atoms with Crippen LogP contribution in [0.25, 0.3) is 0 Å². The summed E-state index contributed by atoms with van der Waals surface area (Å²) in [4.78, 5) is 4.88. The molecule has 0 amide bonds.